The maximum atomic E-state index is 14.0. The predicted molar refractivity (Wildman–Crippen MR) is 213 cm³/mol. The second kappa shape index (κ2) is 18.3. The Morgan fingerprint density at radius 1 is 0.643 bits per heavy atom. The number of hydrogen-bond acceptors (Lipinski definition) is 10. The third kappa shape index (κ3) is 9.83. The number of benzene rings is 6. The van der Waals surface area contributed by atoms with Gasteiger partial charge in [0.15, 0.2) is 17.5 Å². The van der Waals surface area contributed by atoms with Crippen LogP contribution in [-0.2, 0) is 44.1 Å². The second-order valence-electron chi connectivity index (χ2n) is 12.9. The molecule has 0 unspecified atom stereocenters. The summed E-state index contributed by atoms with van der Waals surface area (Å²) in [4.78, 5) is 29.2. The number of methoxy groups -OCH3 is 1. The highest BCUT2D eigenvalue weighted by molar-refractivity contribution is 7.89. The van der Waals surface area contributed by atoms with E-state index in [0.29, 0.717) is 16.3 Å². The van der Waals surface area contributed by atoms with Crippen LogP contribution in [0.1, 0.15) is 27.0 Å². The fourth-order valence-electron chi connectivity index (χ4n) is 5.92. The van der Waals surface area contributed by atoms with E-state index in [9.17, 15) is 18.0 Å². The van der Waals surface area contributed by atoms with E-state index in [1.54, 1.807) is 42.5 Å². The molecule has 0 aromatic heterocycles. The summed E-state index contributed by atoms with van der Waals surface area (Å²) in [6.07, 6.45) is 0. The van der Waals surface area contributed by atoms with Crippen LogP contribution in [-0.4, -0.2) is 54.2 Å². The Labute approximate surface area is 326 Å². The number of nitrogens with zero attached hydrogens (tertiary/aromatic N) is 1. The van der Waals surface area contributed by atoms with Crippen LogP contribution in [0.3, 0.4) is 0 Å². The number of sulfonamides is 1. The van der Waals surface area contributed by atoms with Crippen molar-refractivity contribution in [3.63, 3.8) is 0 Å². The van der Waals surface area contributed by atoms with Crippen molar-refractivity contribution in [1.29, 1.82) is 0 Å². The topological polar surface area (TPSA) is 130 Å². The van der Waals surface area contributed by atoms with E-state index in [4.69, 9.17) is 23.7 Å². The first-order valence-corrected chi connectivity index (χ1v) is 19.3. The van der Waals surface area contributed by atoms with E-state index in [1.165, 1.54) is 25.3 Å². The summed E-state index contributed by atoms with van der Waals surface area (Å²) in [5.74, 6) is -1.13. The predicted octanol–water partition coefficient (Wildman–Crippen LogP) is 7.32. The van der Waals surface area contributed by atoms with Gasteiger partial charge in [0, 0.05) is 30.6 Å². The number of anilines is 1. The maximum Gasteiger partial charge on any atom is 0.338 e. The van der Waals surface area contributed by atoms with Gasteiger partial charge in [-0.2, -0.15) is 4.72 Å². The SMILES string of the molecule is COc1cc(C(=O)OC[C@H](NS(=O)(=O)c2cccc3c(N(C)C)cccc23)C(=O)OCc2ccccc2)cc(OCc2ccccc2)c1OCc1ccccc1. The molecule has 6 aromatic carbocycles. The molecule has 0 aliphatic carbocycles. The lowest BCUT2D eigenvalue weighted by atomic mass is 10.1. The lowest BCUT2D eigenvalue weighted by Crippen LogP contribution is -2.45. The van der Waals surface area contributed by atoms with Gasteiger partial charge in [-0.05, 0) is 41.0 Å². The van der Waals surface area contributed by atoms with Gasteiger partial charge in [-0.25, -0.2) is 13.2 Å². The Balaban J connectivity index is 1.27. The first kappa shape index (κ1) is 39.3. The zero-order valence-corrected chi connectivity index (χ0v) is 32.0. The number of esters is 2. The maximum absolute atomic E-state index is 14.0. The number of carbonyl (C=O) groups is 2. The highest BCUT2D eigenvalue weighted by Crippen LogP contribution is 2.40. The molecule has 0 saturated carbocycles. The Kier molecular flexibility index (Phi) is 12.9. The van der Waals surface area contributed by atoms with Crippen LogP contribution in [0.4, 0.5) is 5.69 Å². The summed E-state index contributed by atoms with van der Waals surface area (Å²) in [5, 5.41) is 1.15. The molecule has 56 heavy (non-hydrogen) atoms. The third-order valence-electron chi connectivity index (χ3n) is 8.76. The molecule has 0 spiro atoms. The summed E-state index contributed by atoms with van der Waals surface area (Å²) in [6, 6.07) is 39.5. The van der Waals surface area contributed by atoms with Crippen molar-refractivity contribution in [1.82, 2.24) is 4.72 Å². The molecule has 0 aliphatic heterocycles. The van der Waals surface area contributed by atoms with Gasteiger partial charge in [0.25, 0.3) is 0 Å². The molecule has 12 heteroatoms. The molecular weight excluding hydrogens is 733 g/mol. The molecular formula is C44H42N2O9S. The van der Waals surface area contributed by atoms with Crippen LogP contribution >= 0.6 is 0 Å². The average molecular weight is 775 g/mol. The fourth-order valence-corrected chi connectivity index (χ4v) is 7.31. The first-order chi connectivity index (χ1) is 27.1. The van der Waals surface area contributed by atoms with Crippen molar-refractivity contribution >= 4 is 38.4 Å². The Morgan fingerprint density at radius 2 is 1.20 bits per heavy atom. The molecule has 6 aromatic rings. The molecule has 1 N–H and O–H groups in total. The number of hydrogen-bond donors (Lipinski definition) is 1. The monoisotopic (exact) mass is 774 g/mol. The molecule has 0 bridgehead atoms. The molecule has 6 rings (SSSR count). The minimum absolute atomic E-state index is 0.0153. The van der Waals surface area contributed by atoms with E-state index in [-0.39, 0.29) is 47.5 Å². The molecule has 0 fully saturated rings. The van der Waals surface area contributed by atoms with E-state index in [0.717, 1.165) is 16.8 Å². The normalized spacial score (nSPS) is 11.7. The van der Waals surface area contributed by atoms with E-state index >= 15 is 0 Å². The Bertz CT molecular complexity index is 2370. The van der Waals surface area contributed by atoms with Crippen molar-refractivity contribution in [3.8, 4) is 17.2 Å². The highest BCUT2D eigenvalue weighted by Gasteiger charge is 2.31. The number of nitrogens with one attached hydrogen (secondary N) is 1. The minimum atomic E-state index is -4.37. The molecule has 288 valence electrons. The average Bonchev–Trinajstić information content (AvgIpc) is 3.23. The number of ether oxygens (including phenoxy) is 5. The largest absolute Gasteiger partial charge is 0.493 e. The van der Waals surface area contributed by atoms with Gasteiger partial charge in [-0.15, -0.1) is 0 Å². The van der Waals surface area contributed by atoms with Gasteiger partial charge >= 0.3 is 11.9 Å². The van der Waals surface area contributed by atoms with Gasteiger partial charge in [-0.1, -0.05) is 115 Å². The van der Waals surface area contributed by atoms with Crippen LogP contribution in [0.25, 0.3) is 10.8 Å². The van der Waals surface area contributed by atoms with Gasteiger partial charge in [0.2, 0.25) is 15.8 Å². The van der Waals surface area contributed by atoms with Gasteiger partial charge < -0.3 is 28.6 Å². The number of fused-ring (bicyclic) bond motifs is 1. The van der Waals surface area contributed by atoms with Crippen LogP contribution in [0.15, 0.2) is 144 Å². The summed E-state index contributed by atoms with van der Waals surface area (Å²) in [7, 11) is 0.785. The lowest BCUT2D eigenvalue weighted by Gasteiger charge is -2.20. The molecule has 11 nitrogen and oxygen atoms in total. The standard InChI is InChI=1S/C44H42N2O9S/c1-46(2)38-23-13-22-36-35(38)21-14-24-41(36)56(49,50)45-37(44(48)54-29-33-19-11-6-12-20-33)30-55-43(47)34-25-39(51-3)42(53-28-32-17-9-5-10-18-32)40(26-34)52-27-31-15-7-4-8-16-31/h4-26,37,45H,27-30H2,1-3H3/t37-/m0/s1. The Hall–Kier alpha value is -6.37. The first-order valence-electron chi connectivity index (χ1n) is 17.8. The summed E-state index contributed by atoms with van der Waals surface area (Å²) in [6.45, 7) is -0.460. The van der Waals surface area contributed by atoms with Crippen LogP contribution in [0.5, 0.6) is 17.2 Å². The van der Waals surface area contributed by atoms with E-state index < -0.39 is 34.6 Å². The van der Waals surface area contributed by atoms with Crippen LogP contribution in [0, 0.1) is 0 Å². The molecule has 0 saturated heterocycles. The summed E-state index contributed by atoms with van der Waals surface area (Å²) in [5.41, 5.74) is 3.30. The van der Waals surface area contributed by atoms with Crippen molar-refractivity contribution < 1.29 is 41.7 Å². The Morgan fingerprint density at radius 3 is 1.80 bits per heavy atom. The minimum Gasteiger partial charge on any atom is -0.493 e. The fraction of sp³-hybridized carbons (Fsp3) is 0.182. The van der Waals surface area contributed by atoms with Crippen LogP contribution < -0.4 is 23.8 Å². The zero-order chi connectivity index (χ0) is 39.5. The summed E-state index contributed by atoms with van der Waals surface area (Å²) < 4.78 is 59.7. The van der Waals surface area contributed by atoms with Gasteiger partial charge in [0.05, 0.1) is 17.6 Å². The van der Waals surface area contributed by atoms with E-state index in [2.05, 4.69) is 4.72 Å². The zero-order valence-electron chi connectivity index (χ0n) is 31.2. The number of carbonyl (C=O) groups excluding carboxylic acids is 2. The van der Waals surface area contributed by atoms with Gasteiger partial charge in [-0.3, -0.25) is 4.79 Å². The highest BCUT2D eigenvalue weighted by atomic mass is 32.2. The van der Waals surface area contributed by atoms with Crippen molar-refractivity contribution in [2.45, 2.75) is 30.8 Å². The van der Waals surface area contributed by atoms with Gasteiger partial charge in [0.1, 0.15) is 26.4 Å². The quantitative estimate of drug-likeness (QED) is 0.0942. The van der Waals surface area contributed by atoms with Crippen molar-refractivity contribution in [3.05, 3.63) is 162 Å². The molecule has 0 radical (unpaired) electrons. The molecule has 0 heterocycles. The van der Waals surface area contributed by atoms with Crippen molar-refractivity contribution in [2.75, 3.05) is 32.7 Å². The molecule has 0 aliphatic rings. The smallest absolute Gasteiger partial charge is 0.338 e. The van der Waals surface area contributed by atoms with Crippen LogP contribution in [0.2, 0.25) is 0 Å². The molecule has 1 atom stereocenters. The summed E-state index contributed by atoms with van der Waals surface area (Å²) >= 11 is 0. The number of rotatable bonds is 17. The second-order valence-corrected chi connectivity index (χ2v) is 14.6. The molecule has 0 amide bonds. The third-order valence-corrected chi connectivity index (χ3v) is 10.3. The van der Waals surface area contributed by atoms with Crippen molar-refractivity contribution in [2.24, 2.45) is 0 Å². The lowest BCUT2D eigenvalue weighted by molar-refractivity contribution is -0.148. The van der Waals surface area contributed by atoms with E-state index in [1.807, 2.05) is 97.9 Å².